The second-order valence-corrected chi connectivity index (χ2v) is 4.58. The van der Waals surface area contributed by atoms with Crippen LogP contribution in [0.15, 0.2) is 36.8 Å². The van der Waals surface area contributed by atoms with Crippen LogP contribution >= 0.6 is 0 Å². The summed E-state index contributed by atoms with van der Waals surface area (Å²) in [6.07, 6.45) is 6.23. The number of nitrogens with zero attached hydrogens (tertiary/aromatic N) is 2. The van der Waals surface area contributed by atoms with Gasteiger partial charge in [-0.3, -0.25) is 9.97 Å². The minimum absolute atomic E-state index is 0.136. The molecule has 3 nitrogen and oxygen atoms in total. The van der Waals surface area contributed by atoms with E-state index in [-0.39, 0.29) is 6.04 Å². The Hall–Kier alpha value is -1.88. The lowest BCUT2D eigenvalue weighted by Gasteiger charge is -2.18. The van der Waals surface area contributed by atoms with Crippen molar-refractivity contribution < 1.29 is 8.78 Å². The molecule has 0 aliphatic rings. The number of benzene rings is 1. The first-order valence-electron chi connectivity index (χ1n) is 6.64. The molecule has 0 spiro atoms. The lowest BCUT2D eigenvalue weighted by Crippen LogP contribution is -2.25. The van der Waals surface area contributed by atoms with Crippen molar-refractivity contribution >= 4 is 0 Å². The number of halogens is 2. The zero-order valence-corrected chi connectivity index (χ0v) is 11.3. The molecule has 0 saturated heterocycles. The summed E-state index contributed by atoms with van der Waals surface area (Å²) in [5.41, 5.74) is 1.22. The van der Waals surface area contributed by atoms with E-state index in [1.54, 1.807) is 18.6 Å². The van der Waals surface area contributed by atoms with Crippen LogP contribution in [0.25, 0.3) is 0 Å². The first-order valence-corrected chi connectivity index (χ1v) is 6.64. The van der Waals surface area contributed by atoms with Crippen molar-refractivity contribution in [2.75, 3.05) is 6.54 Å². The van der Waals surface area contributed by atoms with Crippen molar-refractivity contribution in [3.63, 3.8) is 0 Å². The van der Waals surface area contributed by atoms with E-state index >= 15 is 0 Å². The monoisotopic (exact) mass is 277 g/mol. The molecule has 0 radical (unpaired) electrons. The quantitative estimate of drug-likeness (QED) is 0.882. The lowest BCUT2D eigenvalue weighted by molar-refractivity contribution is 0.498. The van der Waals surface area contributed by atoms with E-state index in [1.165, 1.54) is 12.1 Å². The number of rotatable bonds is 6. The van der Waals surface area contributed by atoms with Gasteiger partial charge in [-0.1, -0.05) is 13.0 Å². The van der Waals surface area contributed by atoms with Crippen molar-refractivity contribution in [1.82, 2.24) is 15.3 Å². The maximum absolute atomic E-state index is 13.7. The Morgan fingerprint density at radius 3 is 2.75 bits per heavy atom. The Morgan fingerprint density at radius 2 is 2.10 bits per heavy atom. The third-order valence-electron chi connectivity index (χ3n) is 3.02. The summed E-state index contributed by atoms with van der Waals surface area (Å²) in [6, 6.07) is 3.51. The normalized spacial score (nSPS) is 12.3. The van der Waals surface area contributed by atoms with E-state index in [0.717, 1.165) is 24.7 Å². The Kier molecular flexibility index (Phi) is 5.12. The molecule has 1 unspecified atom stereocenters. The summed E-state index contributed by atoms with van der Waals surface area (Å²) in [5, 5.41) is 3.31. The molecule has 1 aromatic heterocycles. The minimum atomic E-state index is -0.566. The summed E-state index contributed by atoms with van der Waals surface area (Å²) in [5.74, 6) is -1.10. The molecule has 0 aliphatic heterocycles. The highest BCUT2D eigenvalue weighted by Crippen LogP contribution is 2.19. The molecule has 20 heavy (non-hydrogen) atoms. The van der Waals surface area contributed by atoms with Gasteiger partial charge in [0, 0.05) is 24.7 Å². The van der Waals surface area contributed by atoms with Gasteiger partial charge >= 0.3 is 0 Å². The predicted octanol–water partition coefficient (Wildman–Crippen LogP) is 3.04. The fraction of sp³-hybridized carbons (Fsp3) is 0.333. The third-order valence-corrected chi connectivity index (χ3v) is 3.02. The largest absolute Gasteiger partial charge is 0.308 e. The highest BCUT2D eigenvalue weighted by molar-refractivity contribution is 5.21. The lowest BCUT2D eigenvalue weighted by atomic mass is 10.0. The second-order valence-electron chi connectivity index (χ2n) is 4.58. The van der Waals surface area contributed by atoms with Gasteiger partial charge in [-0.25, -0.2) is 8.78 Å². The van der Waals surface area contributed by atoms with Gasteiger partial charge in [-0.15, -0.1) is 0 Å². The van der Waals surface area contributed by atoms with Gasteiger partial charge in [0.15, 0.2) is 0 Å². The van der Waals surface area contributed by atoms with Crippen LogP contribution in [-0.4, -0.2) is 16.5 Å². The highest BCUT2D eigenvalue weighted by Gasteiger charge is 2.15. The van der Waals surface area contributed by atoms with Crippen LogP contribution in [-0.2, 0) is 6.42 Å². The average Bonchev–Trinajstić information content (AvgIpc) is 2.46. The third kappa shape index (κ3) is 3.81. The molecule has 0 saturated carbocycles. The van der Waals surface area contributed by atoms with Crippen LogP contribution in [0.1, 0.15) is 30.6 Å². The smallest absolute Gasteiger partial charge is 0.129 e. The number of nitrogens with one attached hydrogen (secondary N) is 1. The molecular formula is C15H17F2N3. The Bertz CT molecular complexity index is 546. The van der Waals surface area contributed by atoms with Crippen LogP contribution in [0.5, 0.6) is 0 Å². The van der Waals surface area contributed by atoms with Crippen LogP contribution in [0.2, 0.25) is 0 Å². The van der Waals surface area contributed by atoms with E-state index in [2.05, 4.69) is 22.2 Å². The predicted molar refractivity (Wildman–Crippen MR) is 73.1 cm³/mol. The van der Waals surface area contributed by atoms with Crippen molar-refractivity contribution in [3.05, 3.63) is 59.7 Å². The molecule has 1 N–H and O–H groups in total. The zero-order valence-electron chi connectivity index (χ0n) is 11.3. The van der Waals surface area contributed by atoms with E-state index in [1.807, 2.05) is 0 Å². The summed E-state index contributed by atoms with van der Waals surface area (Å²) in [7, 11) is 0. The molecule has 0 bridgehead atoms. The summed E-state index contributed by atoms with van der Waals surface area (Å²) in [6.45, 7) is 2.85. The fourth-order valence-corrected chi connectivity index (χ4v) is 2.00. The maximum atomic E-state index is 13.7. The van der Waals surface area contributed by atoms with Crippen LogP contribution < -0.4 is 5.32 Å². The van der Waals surface area contributed by atoms with Crippen LogP contribution in [0.4, 0.5) is 8.78 Å². The van der Waals surface area contributed by atoms with Gasteiger partial charge in [-0.05, 0) is 31.0 Å². The van der Waals surface area contributed by atoms with E-state index in [4.69, 9.17) is 0 Å². The zero-order chi connectivity index (χ0) is 14.4. The topological polar surface area (TPSA) is 37.8 Å². The summed E-state index contributed by atoms with van der Waals surface area (Å²) < 4.78 is 26.7. The molecule has 2 aromatic rings. The maximum Gasteiger partial charge on any atom is 0.129 e. The van der Waals surface area contributed by atoms with E-state index in [9.17, 15) is 8.78 Å². The first kappa shape index (κ1) is 14.5. The Labute approximate surface area is 117 Å². The molecule has 1 atom stereocenters. The van der Waals surface area contributed by atoms with Gasteiger partial charge in [0.25, 0.3) is 0 Å². The van der Waals surface area contributed by atoms with Crippen molar-refractivity contribution in [1.29, 1.82) is 0 Å². The van der Waals surface area contributed by atoms with Gasteiger partial charge in [-0.2, -0.15) is 0 Å². The van der Waals surface area contributed by atoms with Gasteiger partial charge in [0.1, 0.15) is 11.6 Å². The molecule has 1 aromatic carbocycles. The van der Waals surface area contributed by atoms with Crippen LogP contribution in [0.3, 0.4) is 0 Å². The molecule has 106 valence electrons. The molecule has 0 amide bonds. The minimum Gasteiger partial charge on any atom is -0.308 e. The average molecular weight is 277 g/mol. The summed E-state index contributed by atoms with van der Waals surface area (Å²) in [4.78, 5) is 8.29. The molecule has 0 aliphatic carbocycles. The van der Waals surface area contributed by atoms with Gasteiger partial charge in [0.2, 0.25) is 0 Å². The number of hydrogen-bond donors (Lipinski definition) is 1. The van der Waals surface area contributed by atoms with E-state index in [0.29, 0.717) is 12.0 Å². The first-order chi connectivity index (χ1) is 9.70. The van der Waals surface area contributed by atoms with E-state index < -0.39 is 11.6 Å². The standard InChI is InChI=1S/C15H17F2N3/c1-2-5-19-14(15-10-18-6-7-20-15)8-11-3-4-12(16)9-13(11)17/h3-4,6-7,9-10,14,19H,2,5,8H2,1H3. The number of hydrogen-bond acceptors (Lipinski definition) is 3. The SMILES string of the molecule is CCCNC(Cc1ccc(F)cc1F)c1cnccn1. The Balaban J connectivity index is 2.19. The summed E-state index contributed by atoms with van der Waals surface area (Å²) >= 11 is 0. The fourth-order valence-electron chi connectivity index (χ4n) is 2.00. The van der Waals surface area contributed by atoms with Crippen molar-refractivity contribution in [3.8, 4) is 0 Å². The molecule has 1 heterocycles. The molecule has 0 fully saturated rings. The second kappa shape index (κ2) is 7.05. The Morgan fingerprint density at radius 1 is 1.25 bits per heavy atom. The van der Waals surface area contributed by atoms with Crippen molar-refractivity contribution in [2.24, 2.45) is 0 Å². The number of aromatic nitrogens is 2. The van der Waals surface area contributed by atoms with Gasteiger partial charge in [0.05, 0.1) is 11.7 Å². The van der Waals surface area contributed by atoms with Crippen molar-refractivity contribution in [2.45, 2.75) is 25.8 Å². The van der Waals surface area contributed by atoms with Crippen LogP contribution in [0, 0.1) is 11.6 Å². The molecule has 2 rings (SSSR count). The van der Waals surface area contributed by atoms with Gasteiger partial charge < -0.3 is 5.32 Å². The molecular weight excluding hydrogens is 260 g/mol. The molecule has 5 heteroatoms. The highest BCUT2D eigenvalue weighted by atomic mass is 19.1.